The summed E-state index contributed by atoms with van der Waals surface area (Å²) in [6, 6.07) is 6.88. The molecule has 1 heterocycles. The topological polar surface area (TPSA) is 132 Å². The van der Waals surface area contributed by atoms with Crippen molar-refractivity contribution in [2.45, 2.75) is 25.1 Å². The third kappa shape index (κ3) is 5.92. The van der Waals surface area contributed by atoms with Crippen molar-refractivity contribution in [3.05, 3.63) is 57.1 Å². The Bertz CT molecular complexity index is 1260. The number of halogens is 4. The highest BCUT2D eigenvalue weighted by Crippen LogP contribution is 2.39. The Labute approximate surface area is 213 Å². The van der Waals surface area contributed by atoms with Crippen LogP contribution in [-0.2, 0) is 20.5 Å². The summed E-state index contributed by atoms with van der Waals surface area (Å²) in [5.41, 5.74) is -4.44. The van der Waals surface area contributed by atoms with E-state index in [-0.39, 0.29) is 44.2 Å². The molecule has 1 fully saturated rings. The van der Waals surface area contributed by atoms with Crippen molar-refractivity contribution in [3.63, 3.8) is 0 Å². The minimum absolute atomic E-state index is 0.0697. The van der Waals surface area contributed by atoms with Crippen molar-refractivity contribution in [2.75, 3.05) is 26.3 Å². The number of Topliss-reactive ketones (excluding diaryl/α,β-unsaturated/α-hetero) is 1. The Balaban J connectivity index is 2.02. The van der Waals surface area contributed by atoms with Crippen molar-refractivity contribution in [2.24, 2.45) is 0 Å². The van der Waals surface area contributed by atoms with E-state index in [1.165, 1.54) is 11.8 Å². The summed E-state index contributed by atoms with van der Waals surface area (Å²) in [6.45, 7) is 1.85. The zero-order valence-corrected chi connectivity index (χ0v) is 20.0. The normalized spacial score (nSPS) is 15.3. The molecule has 2 aromatic rings. The van der Waals surface area contributed by atoms with Crippen molar-refractivity contribution < 1.29 is 41.9 Å². The molecule has 1 aliphatic heterocycles. The molecule has 10 nitrogen and oxygen atoms in total. The van der Waals surface area contributed by atoms with Gasteiger partial charge >= 0.3 is 17.5 Å². The highest BCUT2D eigenvalue weighted by molar-refractivity contribution is 6.32. The van der Waals surface area contributed by atoms with E-state index in [0.29, 0.717) is 6.07 Å². The molecule has 1 aliphatic rings. The van der Waals surface area contributed by atoms with Gasteiger partial charge in [0.15, 0.2) is 0 Å². The van der Waals surface area contributed by atoms with E-state index < -0.39 is 50.4 Å². The van der Waals surface area contributed by atoms with Gasteiger partial charge in [0.2, 0.25) is 11.5 Å². The molecular formula is C23H19ClF3N3O7. The molecule has 0 spiro atoms. The van der Waals surface area contributed by atoms with Crippen LogP contribution < -0.4 is 9.47 Å². The van der Waals surface area contributed by atoms with E-state index in [0.717, 1.165) is 30.3 Å². The fourth-order valence-corrected chi connectivity index (χ4v) is 3.65. The summed E-state index contributed by atoms with van der Waals surface area (Å²) in [5.74, 6) is -2.98. The monoisotopic (exact) mass is 541 g/mol. The van der Waals surface area contributed by atoms with Gasteiger partial charge in [-0.1, -0.05) is 18.5 Å². The Kier molecular flexibility index (Phi) is 8.25. The zero-order chi connectivity index (χ0) is 27.4. The highest BCUT2D eigenvalue weighted by Gasteiger charge is 2.51. The molecule has 0 aliphatic carbocycles. The average Bonchev–Trinajstić information content (AvgIpc) is 2.87. The van der Waals surface area contributed by atoms with Crippen LogP contribution in [0.2, 0.25) is 5.02 Å². The number of rotatable bonds is 8. The third-order valence-electron chi connectivity index (χ3n) is 5.35. The number of nitrogens with zero attached hydrogens (tertiary/aromatic N) is 3. The highest BCUT2D eigenvalue weighted by atomic mass is 35.5. The van der Waals surface area contributed by atoms with Gasteiger partial charge in [-0.05, 0) is 24.3 Å². The van der Waals surface area contributed by atoms with E-state index in [2.05, 4.69) is 0 Å². The van der Waals surface area contributed by atoms with Crippen LogP contribution in [0.5, 0.6) is 17.2 Å². The molecule has 1 saturated heterocycles. The number of alkyl halides is 3. The number of carbonyl (C=O) groups excluding carboxylic acids is 2. The zero-order valence-electron chi connectivity index (χ0n) is 19.2. The summed E-state index contributed by atoms with van der Waals surface area (Å²) >= 11 is 5.91. The van der Waals surface area contributed by atoms with E-state index in [4.69, 9.17) is 25.8 Å². The molecule has 2 aromatic carbocycles. The first kappa shape index (κ1) is 27.7. The summed E-state index contributed by atoms with van der Waals surface area (Å²) in [4.78, 5) is 38.1. The smallest absolute Gasteiger partial charge is 0.416 e. The predicted octanol–water partition coefficient (Wildman–Crippen LogP) is 4.54. The lowest BCUT2D eigenvalue weighted by Crippen LogP contribution is -2.59. The van der Waals surface area contributed by atoms with Gasteiger partial charge in [-0.25, -0.2) is 0 Å². The van der Waals surface area contributed by atoms with Gasteiger partial charge in [0.05, 0.1) is 28.7 Å². The van der Waals surface area contributed by atoms with Gasteiger partial charge in [-0.15, -0.1) is 0 Å². The standard InChI is InChI=1S/C23H19ClF3N3O7/c1-2-20(31)22(13-28,21(32)29-7-9-35-10-8-29)37-19-12-15(4-5-17(19)30(33)34)36-18-6-3-14(11-16(18)24)23(25,26)27/h3-6,11-12H,2,7-10H2,1H3. The van der Waals surface area contributed by atoms with Crippen molar-refractivity contribution >= 4 is 29.0 Å². The fraction of sp³-hybridized carbons (Fsp3) is 0.348. The number of benzene rings is 2. The maximum Gasteiger partial charge on any atom is 0.416 e. The van der Waals surface area contributed by atoms with Crippen LogP contribution in [0.25, 0.3) is 0 Å². The number of ketones is 1. The molecule has 0 saturated carbocycles. The number of nitro benzene ring substituents is 1. The second kappa shape index (κ2) is 11.0. The van der Waals surface area contributed by atoms with E-state index in [1.807, 2.05) is 0 Å². The number of nitriles is 1. The molecule has 0 bridgehead atoms. The number of hydrogen-bond acceptors (Lipinski definition) is 8. The van der Waals surface area contributed by atoms with Crippen molar-refractivity contribution in [1.82, 2.24) is 4.90 Å². The van der Waals surface area contributed by atoms with Crippen LogP contribution in [0.15, 0.2) is 36.4 Å². The molecule has 196 valence electrons. The Morgan fingerprint density at radius 3 is 2.41 bits per heavy atom. The Morgan fingerprint density at radius 2 is 1.86 bits per heavy atom. The summed E-state index contributed by atoms with van der Waals surface area (Å²) in [6.07, 6.45) is -4.94. The van der Waals surface area contributed by atoms with Crippen LogP contribution in [0.3, 0.4) is 0 Å². The van der Waals surface area contributed by atoms with E-state index in [1.54, 1.807) is 6.07 Å². The lowest BCUT2D eigenvalue weighted by molar-refractivity contribution is -0.386. The van der Waals surface area contributed by atoms with Crippen LogP contribution >= 0.6 is 11.6 Å². The van der Waals surface area contributed by atoms with Gasteiger partial charge in [-0.3, -0.25) is 19.7 Å². The SMILES string of the molecule is CCC(=O)C(C#N)(Oc1cc(Oc2ccc(C(F)(F)F)cc2Cl)ccc1[N+](=O)[O-])C(=O)N1CCOCC1. The second-order valence-electron chi connectivity index (χ2n) is 7.71. The molecule has 3 rings (SSSR count). The molecule has 14 heteroatoms. The van der Waals surface area contributed by atoms with Crippen LogP contribution in [-0.4, -0.2) is 53.4 Å². The summed E-state index contributed by atoms with van der Waals surface area (Å²) in [7, 11) is 0. The lowest BCUT2D eigenvalue weighted by atomic mass is 9.95. The van der Waals surface area contributed by atoms with Crippen molar-refractivity contribution in [1.29, 1.82) is 5.26 Å². The third-order valence-corrected chi connectivity index (χ3v) is 5.64. The number of morpholine rings is 1. The average molecular weight is 542 g/mol. The number of nitro groups is 1. The molecule has 1 atom stereocenters. The first-order chi connectivity index (χ1) is 17.4. The Morgan fingerprint density at radius 1 is 1.19 bits per heavy atom. The first-order valence-corrected chi connectivity index (χ1v) is 11.1. The van der Waals surface area contributed by atoms with Gasteiger partial charge in [-0.2, -0.15) is 18.4 Å². The van der Waals surface area contributed by atoms with E-state index >= 15 is 0 Å². The van der Waals surface area contributed by atoms with Crippen molar-refractivity contribution in [3.8, 4) is 23.3 Å². The minimum atomic E-state index is -4.64. The molecule has 37 heavy (non-hydrogen) atoms. The maximum absolute atomic E-state index is 13.3. The molecule has 0 N–H and O–H groups in total. The fourth-order valence-electron chi connectivity index (χ4n) is 3.43. The number of amides is 1. The quantitative estimate of drug-likeness (QED) is 0.270. The van der Waals surface area contributed by atoms with Crippen LogP contribution in [0.1, 0.15) is 18.9 Å². The first-order valence-electron chi connectivity index (χ1n) is 10.8. The lowest BCUT2D eigenvalue weighted by Gasteiger charge is -2.33. The maximum atomic E-state index is 13.3. The summed E-state index contributed by atoms with van der Waals surface area (Å²) < 4.78 is 54.9. The van der Waals surface area contributed by atoms with Crippen LogP contribution in [0.4, 0.5) is 18.9 Å². The van der Waals surface area contributed by atoms with Crippen LogP contribution in [0, 0.1) is 21.4 Å². The number of ether oxygens (including phenoxy) is 3. The number of hydrogen-bond donors (Lipinski definition) is 0. The molecule has 1 amide bonds. The molecule has 0 aromatic heterocycles. The molecular weight excluding hydrogens is 523 g/mol. The minimum Gasteiger partial charge on any atom is -0.456 e. The summed E-state index contributed by atoms with van der Waals surface area (Å²) in [5, 5.41) is 21.2. The van der Waals surface area contributed by atoms with Gasteiger partial charge in [0.25, 0.3) is 5.91 Å². The molecule has 1 unspecified atom stereocenters. The Hall–Kier alpha value is -3.89. The molecule has 0 radical (unpaired) electrons. The van der Waals surface area contributed by atoms with Gasteiger partial charge in [0.1, 0.15) is 17.6 Å². The van der Waals surface area contributed by atoms with Gasteiger partial charge < -0.3 is 19.1 Å². The number of carbonyl (C=O) groups is 2. The second-order valence-corrected chi connectivity index (χ2v) is 8.12. The van der Waals surface area contributed by atoms with Gasteiger partial charge in [0, 0.05) is 31.6 Å². The largest absolute Gasteiger partial charge is 0.456 e. The van der Waals surface area contributed by atoms with E-state index in [9.17, 15) is 38.1 Å². The predicted molar refractivity (Wildman–Crippen MR) is 121 cm³/mol.